The van der Waals surface area contributed by atoms with Crippen molar-refractivity contribution < 1.29 is 4.79 Å². The van der Waals surface area contributed by atoms with Gasteiger partial charge in [-0.2, -0.15) is 0 Å². The number of aromatic nitrogens is 2. The molecular formula is C14H13N3O3. The van der Waals surface area contributed by atoms with Gasteiger partial charge < -0.3 is 10.3 Å². The quantitative estimate of drug-likeness (QED) is 0.534. The third-order valence-corrected chi connectivity index (χ3v) is 2.60. The van der Waals surface area contributed by atoms with Crippen LogP contribution in [-0.4, -0.2) is 22.4 Å². The van der Waals surface area contributed by atoms with Gasteiger partial charge in [-0.25, -0.2) is 4.79 Å². The first-order chi connectivity index (χ1) is 9.56. The summed E-state index contributed by atoms with van der Waals surface area (Å²) >= 11 is 0. The molecule has 1 aromatic heterocycles. The standard InChI is InChI=1S/C14H13N3O3/c1-9(18)15-7-3-2-4-10-5-6-12-11(8-10)13(19)17-14(20)16-12/h5-6,8H,3,7H2,1H3,(H,15,18)(H2,16,17,19,20). The summed E-state index contributed by atoms with van der Waals surface area (Å²) < 4.78 is 0. The number of nitrogens with one attached hydrogen (secondary N) is 3. The second-order valence-corrected chi connectivity index (χ2v) is 4.20. The van der Waals surface area contributed by atoms with E-state index >= 15 is 0 Å². The lowest BCUT2D eigenvalue weighted by molar-refractivity contribution is -0.118. The molecule has 0 spiro atoms. The fourth-order valence-corrected chi connectivity index (χ4v) is 1.71. The molecule has 1 aromatic carbocycles. The maximum absolute atomic E-state index is 11.6. The summed E-state index contributed by atoms with van der Waals surface area (Å²) in [6.07, 6.45) is 0.527. The molecule has 1 heterocycles. The largest absolute Gasteiger partial charge is 0.355 e. The van der Waals surface area contributed by atoms with Gasteiger partial charge in [0.25, 0.3) is 5.56 Å². The highest BCUT2D eigenvalue weighted by Gasteiger charge is 2.00. The van der Waals surface area contributed by atoms with Crippen LogP contribution in [0.4, 0.5) is 0 Å². The van der Waals surface area contributed by atoms with Crippen molar-refractivity contribution in [2.75, 3.05) is 6.54 Å². The summed E-state index contributed by atoms with van der Waals surface area (Å²) in [5.41, 5.74) is 0.183. The van der Waals surface area contributed by atoms with Crippen molar-refractivity contribution in [3.05, 3.63) is 44.6 Å². The summed E-state index contributed by atoms with van der Waals surface area (Å²) in [6.45, 7) is 1.94. The summed E-state index contributed by atoms with van der Waals surface area (Å²) in [7, 11) is 0. The lowest BCUT2D eigenvalue weighted by Gasteiger charge is -1.97. The van der Waals surface area contributed by atoms with Gasteiger partial charge in [-0.3, -0.25) is 14.6 Å². The number of aromatic amines is 2. The molecule has 0 saturated carbocycles. The van der Waals surface area contributed by atoms with Crippen LogP contribution >= 0.6 is 0 Å². The zero-order valence-electron chi connectivity index (χ0n) is 10.9. The minimum atomic E-state index is -0.531. The summed E-state index contributed by atoms with van der Waals surface area (Å²) in [5.74, 6) is 5.72. The van der Waals surface area contributed by atoms with E-state index in [-0.39, 0.29) is 5.91 Å². The minimum Gasteiger partial charge on any atom is -0.355 e. The fraction of sp³-hybridized carbons (Fsp3) is 0.214. The Balaban J connectivity index is 2.20. The molecule has 0 saturated heterocycles. The predicted octanol–water partition coefficient (Wildman–Crippen LogP) is 0.0941. The Labute approximate surface area is 114 Å². The van der Waals surface area contributed by atoms with Crippen LogP contribution in [0.3, 0.4) is 0 Å². The molecule has 0 aliphatic heterocycles. The lowest BCUT2D eigenvalue weighted by atomic mass is 10.1. The third-order valence-electron chi connectivity index (χ3n) is 2.60. The van der Waals surface area contributed by atoms with Gasteiger partial charge in [0.15, 0.2) is 0 Å². The van der Waals surface area contributed by atoms with Crippen molar-refractivity contribution in [3.63, 3.8) is 0 Å². The first kappa shape index (κ1) is 13.6. The third kappa shape index (κ3) is 3.36. The van der Waals surface area contributed by atoms with Gasteiger partial charge in [-0.05, 0) is 18.2 Å². The molecule has 1 amide bonds. The van der Waals surface area contributed by atoms with Crippen LogP contribution in [0.5, 0.6) is 0 Å². The van der Waals surface area contributed by atoms with Crippen molar-refractivity contribution in [1.82, 2.24) is 15.3 Å². The average molecular weight is 271 g/mol. The molecule has 0 bridgehead atoms. The van der Waals surface area contributed by atoms with E-state index in [0.29, 0.717) is 29.4 Å². The second-order valence-electron chi connectivity index (χ2n) is 4.20. The van der Waals surface area contributed by atoms with Crippen molar-refractivity contribution in [1.29, 1.82) is 0 Å². The van der Waals surface area contributed by atoms with Crippen molar-refractivity contribution in [3.8, 4) is 11.8 Å². The SMILES string of the molecule is CC(=O)NCCC#Cc1ccc2[nH]c(=O)[nH]c(=O)c2c1. The molecule has 0 atom stereocenters. The van der Waals surface area contributed by atoms with Crippen LogP contribution < -0.4 is 16.6 Å². The minimum absolute atomic E-state index is 0.0898. The molecule has 2 rings (SSSR count). The Morgan fingerprint density at radius 2 is 2.10 bits per heavy atom. The number of rotatable bonds is 2. The molecule has 2 aromatic rings. The fourth-order valence-electron chi connectivity index (χ4n) is 1.71. The van der Waals surface area contributed by atoms with Crippen molar-refractivity contribution >= 4 is 16.8 Å². The zero-order valence-corrected chi connectivity index (χ0v) is 10.9. The average Bonchev–Trinajstić information content (AvgIpc) is 2.38. The first-order valence-corrected chi connectivity index (χ1v) is 6.06. The van der Waals surface area contributed by atoms with Crippen LogP contribution in [0.1, 0.15) is 18.9 Å². The van der Waals surface area contributed by atoms with E-state index in [1.54, 1.807) is 18.2 Å². The van der Waals surface area contributed by atoms with Gasteiger partial charge in [0.1, 0.15) is 0 Å². The Bertz CT molecular complexity index is 821. The van der Waals surface area contributed by atoms with E-state index in [9.17, 15) is 14.4 Å². The van der Waals surface area contributed by atoms with Gasteiger partial charge >= 0.3 is 5.69 Å². The van der Waals surface area contributed by atoms with Gasteiger partial charge in [-0.15, -0.1) is 0 Å². The summed E-state index contributed by atoms with van der Waals surface area (Å²) in [4.78, 5) is 38.1. The Kier molecular flexibility index (Phi) is 4.01. The molecule has 0 aliphatic rings. The highest BCUT2D eigenvalue weighted by atomic mass is 16.2. The number of H-pyrrole nitrogens is 2. The van der Waals surface area contributed by atoms with Crippen LogP contribution in [-0.2, 0) is 4.79 Å². The monoisotopic (exact) mass is 271 g/mol. The van der Waals surface area contributed by atoms with E-state index in [1.807, 2.05) is 0 Å². The van der Waals surface area contributed by atoms with Crippen LogP contribution in [0.2, 0.25) is 0 Å². The van der Waals surface area contributed by atoms with E-state index in [4.69, 9.17) is 0 Å². The van der Waals surface area contributed by atoms with Crippen molar-refractivity contribution in [2.45, 2.75) is 13.3 Å². The zero-order chi connectivity index (χ0) is 14.5. The molecular weight excluding hydrogens is 258 g/mol. The van der Waals surface area contributed by atoms with E-state index in [1.165, 1.54) is 6.92 Å². The van der Waals surface area contributed by atoms with E-state index in [2.05, 4.69) is 27.1 Å². The number of fused-ring (bicyclic) bond motifs is 1. The Morgan fingerprint density at radius 1 is 1.30 bits per heavy atom. The molecule has 0 fully saturated rings. The number of hydrogen-bond acceptors (Lipinski definition) is 3. The maximum atomic E-state index is 11.6. The topological polar surface area (TPSA) is 94.8 Å². The molecule has 3 N–H and O–H groups in total. The number of amides is 1. The molecule has 0 radical (unpaired) electrons. The lowest BCUT2D eigenvalue weighted by Crippen LogP contribution is -2.21. The Hall–Kier alpha value is -2.81. The molecule has 6 heteroatoms. The maximum Gasteiger partial charge on any atom is 0.326 e. The normalized spacial score (nSPS) is 9.85. The Morgan fingerprint density at radius 3 is 2.85 bits per heavy atom. The van der Waals surface area contributed by atoms with Gasteiger partial charge in [0.2, 0.25) is 5.91 Å². The molecule has 20 heavy (non-hydrogen) atoms. The summed E-state index contributed by atoms with van der Waals surface area (Å²) in [6, 6.07) is 4.99. The van der Waals surface area contributed by atoms with Crippen LogP contribution in [0.25, 0.3) is 10.9 Å². The number of carbonyl (C=O) groups excluding carboxylic acids is 1. The number of benzene rings is 1. The predicted molar refractivity (Wildman–Crippen MR) is 75.4 cm³/mol. The number of hydrogen-bond donors (Lipinski definition) is 3. The van der Waals surface area contributed by atoms with Crippen LogP contribution in [0.15, 0.2) is 27.8 Å². The van der Waals surface area contributed by atoms with Crippen molar-refractivity contribution in [2.24, 2.45) is 0 Å². The smallest absolute Gasteiger partial charge is 0.326 e. The van der Waals surface area contributed by atoms with E-state index in [0.717, 1.165) is 0 Å². The first-order valence-electron chi connectivity index (χ1n) is 6.06. The van der Waals surface area contributed by atoms with Gasteiger partial charge in [0.05, 0.1) is 10.9 Å². The van der Waals surface area contributed by atoms with Gasteiger partial charge in [-0.1, -0.05) is 11.8 Å². The molecule has 0 unspecified atom stereocenters. The molecule has 0 aliphatic carbocycles. The molecule has 102 valence electrons. The second kappa shape index (κ2) is 5.89. The number of carbonyl (C=O) groups is 1. The molecule has 6 nitrogen and oxygen atoms in total. The summed E-state index contributed by atoms with van der Waals surface area (Å²) in [5, 5.41) is 3.03. The van der Waals surface area contributed by atoms with E-state index < -0.39 is 11.2 Å². The van der Waals surface area contributed by atoms with Gasteiger partial charge in [0, 0.05) is 25.5 Å². The highest BCUT2D eigenvalue weighted by Crippen LogP contribution is 2.07. The highest BCUT2D eigenvalue weighted by molar-refractivity contribution is 5.78. The van der Waals surface area contributed by atoms with Crippen LogP contribution in [0, 0.1) is 11.8 Å².